The third-order valence-corrected chi connectivity index (χ3v) is 6.78. The number of hydrogen-bond acceptors (Lipinski definition) is 6. The second-order valence-electron chi connectivity index (χ2n) is 8.21. The number of pyridine rings is 1. The van der Waals surface area contributed by atoms with Crippen molar-refractivity contribution < 1.29 is 8.81 Å². The minimum absolute atomic E-state index is 0.302. The Morgan fingerprint density at radius 3 is 2.55 bits per heavy atom. The number of fused-ring (bicyclic) bond motifs is 2. The first-order valence-electron chi connectivity index (χ1n) is 9.98. The van der Waals surface area contributed by atoms with Gasteiger partial charge in [0, 0.05) is 30.5 Å². The van der Waals surface area contributed by atoms with E-state index >= 15 is 0 Å². The summed E-state index contributed by atoms with van der Waals surface area (Å²) in [4.78, 5) is 13.6. The highest BCUT2D eigenvalue weighted by atomic mass is 32.1. The quantitative estimate of drug-likeness (QED) is 0.473. The lowest BCUT2D eigenvalue weighted by Gasteiger charge is -2.31. The van der Waals surface area contributed by atoms with Gasteiger partial charge in [0.15, 0.2) is 11.7 Å². The summed E-state index contributed by atoms with van der Waals surface area (Å²) < 4.78 is 21.4. The van der Waals surface area contributed by atoms with Crippen LogP contribution in [0.25, 0.3) is 32.7 Å². The molecule has 1 N–H and O–H groups in total. The molecule has 3 aromatic heterocycles. The molecule has 0 spiro atoms. The molecule has 1 aromatic carbocycles. The number of halogens is 1. The molecule has 1 saturated heterocycles. The van der Waals surface area contributed by atoms with Gasteiger partial charge in [-0.25, -0.2) is 19.3 Å². The van der Waals surface area contributed by atoms with E-state index in [9.17, 15) is 4.39 Å². The van der Waals surface area contributed by atoms with Crippen LogP contribution < -0.4 is 5.32 Å². The summed E-state index contributed by atoms with van der Waals surface area (Å²) in [5.74, 6) is 0.644. The van der Waals surface area contributed by atoms with E-state index < -0.39 is 0 Å². The molecular formula is C22H23FN4OS. The molecule has 4 aromatic rings. The third-order valence-electron chi connectivity index (χ3n) is 5.62. The maximum atomic E-state index is 15.0. The first kappa shape index (κ1) is 18.6. The summed E-state index contributed by atoms with van der Waals surface area (Å²) >= 11 is 1.60. The molecule has 0 unspecified atom stereocenters. The van der Waals surface area contributed by atoms with E-state index in [0.717, 1.165) is 39.2 Å². The normalized spacial score (nSPS) is 22.6. The fourth-order valence-corrected chi connectivity index (χ4v) is 5.56. The molecule has 0 radical (unpaired) electrons. The number of aryl methyl sites for hydroxylation is 2. The average molecular weight is 411 g/mol. The molecular weight excluding hydrogens is 387 g/mol. The van der Waals surface area contributed by atoms with Crippen LogP contribution in [0.1, 0.15) is 49.1 Å². The van der Waals surface area contributed by atoms with Crippen LogP contribution in [0.15, 0.2) is 22.6 Å². The first-order valence-corrected chi connectivity index (χ1v) is 10.8. The van der Waals surface area contributed by atoms with E-state index in [1.54, 1.807) is 18.3 Å². The van der Waals surface area contributed by atoms with Gasteiger partial charge in [0.25, 0.3) is 0 Å². The zero-order chi connectivity index (χ0) is 20.3. The first-order chi connectivity index (χ1) is 13.9. The number of oxazole rings is 1. The molecule has 5 nitrogen and oxygen atoms in total. The van der Waals surface area contributed by atoms with Crippen molar-refractivity contribution in [2.45, 2.75) is 58.5 Å². The zero-order valence-electron chi connectivity index (χ0n) is 16.9. The van der Waals surface area contributed by atoms with Crippen molar-refractivity contribution in [1.82, 2.24) is 20.3 Å². The van der Waals surface area contributed by atoms with Gasteiger partial charge < -0.3 is 9.73 Å². The van der Waals surface area contributed by atoms with E-state index in [4.69, 9.17) is 4.42 Å². The van der Waals surface area contributed by atoms with Gasteiger partial charge in [-0.15, -0.1) is 11.3 Å². The van der Waals surface area contributed by atoms with Crippen molar-refractivity contribution >= 4 is 32.8 Å². The number of hydrogen-bond donors (Lipinski definition) is 1. The number of nitrogens with one attached hydrogen (secondary N) is 1. The van der Waals surface area contributed by atoms with Gasteiger partial charge in [-0.3, -0.25) is 0 Å². The van der Waals surface area contributed by atoms with Crippen LogP contribution in [0.5, 0.6) is 0 Å². The number of thiazole rings is 1. The third kappa shape index (κ3) is 3.32. The fourth-order valence-electron chi connectivity index (χ4n) is 4.41. The van der Waals surface area contributed by atoms with Crippen molar-refractivity contribution in [3.8, 4) is 11.3 Å². The Hall–Kier alpha value is -2.38. The number of rotatable bonds is 2. The molecule has 1 aliphatic heterocycles. The van der Waals surface area contributed by atoms with E-state index in [1.165, 1.54) is 6.07 Å². The van der Waals surface area contributed by atoms with Crippen LogP contribution in [-0.2, 0) is 0 Å². The molecule has 5 rings (SSSR count). The van der Waals surface area contributed by atoms with Crippen molar-refractivity contribution in [2.24, 2.45) is 0 Å². The zero-order valence-corrected chi connectivity index (χ0v) is 17.7. The van der Waals surface area contributed by atoms with Gasteiger partial charge in [0.1, 0.15) is 11.0 Å². The fraction of sp³-hybridized carbons (Fsp3) is 0.409. The van der Waals surface area contributed by atoms with Crippen LogP contribution in [-0.4, -0.2) is 27.0 Å². The predicted molar refractivity (Wildman–Crippen MR) is 114 cm³/mol. The lowest BCUT2D eigenvalue weighted by atomic mass is 9.89. The Labute approximate surface area is 172 Å². The van der Waals surface area contributed by atoms with Crippen LogP contribution in [0.2, 0.25) is 0 Å². The minimum Gasteiger partial charge on any atom is -0.423 e. The number of aromatic nitrogens is 3. The molecule has 0 amide bonds. The summed E-state index contributed by atoms with van der Waals surface area (Å²) in [6.07, 6.45) is 2.06. The molecule has 1 fully saturated rings. The topological polar surface area (TPSA) is 63.8 Å². The molecule has 7 heteroatoms. The summed E-state index contributed by atoms with van der Waals surface area (Å²) in [6, 6.07) is 6.34. The van der Waals surface area contributed by atoms with Crippen molar-refractivity contribution in [1.29, 1.82) is 0 Å². The van der Waals surface area contributed by atoms with Gasteiger partial charge in [-0.05, 0) is 57.4 Å². The van der Waals surface area contributed by atoms with Gasteiger partial charge in [-0.2, -0.15) is 0 Å². The van der Waals surface area contributed by atoms with Gasteiger partial charge in [-0.1, -0.05) is 0 Å². The highest BCUT2D eigenvalue weighted by Crippen LogP contribution is 2.38. The SMILES string of the molecule is Cc1nc2c(C)cc(-c3cc(F)c4nc([C@H]5C[C@@H](C)N[C@@H](C)C5)sc4c3)nc2o1. The average Bonchev–Trinajstić information content (AvgIpc) is 3.24. The van der Waals surface area contributed by atoms with E-state index in [0.29, 0.717) is 40.8 Å². The van der Waals surface area contributed by atoms with Crippen LogP contribution in [0.3, 0.4) is 0 Å². The predicted octanol–water partition coefficient (Wildman–Crippen LogP) is 5.50. The Morgan fingerprint density at radius 2 is 1.79 bits per heavy atom. The summed E-state index contributed by atoms with van der Waals surface area (Å²) in [5.41, 5.74) is 4.08. The van der Waals surface area contributed by atoms with Crippen LogP contribution in [0, 0.1) is 19.7 Å². The van der Waals surface area contributed by atoms with Crippen molar-refractivity contribution in [2.75, 3.05) is 0 Å². The molecule has 150 valence electrons. The Balaban J connectivity index is 1.58. The van der Waals surface area contributed by atoms with E-state index in [2.05, 4.69) is 34.1 Å². The highest BCUT2D eigenvalue weighted by molar-refractivity contribution is 7.18. The van der Waals surface area contributed by atoms with Crippen molar-refractivity contribution in [3.63, 3.8) is 0 Å². The second kappa shape index (κ2) is 6.85. The van der Waals surface area contributed by atoms with Crippen molar-refractivity contribution in [3.05, 3.63) is 40.5 Å². The Morgan fingerprint density at radius 1 is 1.03 bits per heavy atom. The lowest BCUT2D eigenvalue weighted by Crippen LogP contribution is -2.41. The van der Waals surface area contributed by atoms with Crippen LogP contribution >= 0.6 is 11.3 Å². The Bertz CT molecular complexity index is 1220. The van der Waals surface area contributed by atoms with E-state index in [1.807, 2.05) is 19.1 Å². The molecule has 0 saturated carbocycles. The monoisotopic (exact) mass is 410 g/mol. The molecule has 0 aliphatic carbocycles. The smallest absolute Gasteiger partial charge is 0.247 e. The summed E-state index contributed by atoms with van der Waals surface area (Å²) in [6.45, 7) is 8.16. The van der Waals surface area contributed by atoms with Gasteiger partial charge in [0.2, 0.25) is 5.71 Å². The molecule has 29 heavy (non-hydrogen) atoms. The van der Waals surface area contributed by atoms with E-state index in [-0.39, 0.29) is 5.82 Å². The molecule has 4 heterocycles. The summed E-state index contributed by atoms with van der Waals surface area (Å²) in [7, 11) is 0. The second-order valence-corrected chi connectivity index (χ2v) is 9.27. The highest BCUT2D eigenvalue weighted by Gasteiger charge is 2.27. The number of nitrogens with zero attached hydrogens (tertiary/aromatic N) is 3. The minimum atomic E-state index is -0.302. The Kier molecular flexibility index (Phi) is 4.40. The van der Waals surface area contributed by atoms with Gasteiger partial charge in [0.05, 0.1) is 15.4 Å². The number of benzene rings is 1. The molecule has 0 bridgehead atoms. The molecule has 1 aliphatic rings. The number of piperidine rings is 1. The maximum absolute atomic E-state index is 15.0. The molecule has 3 atom stereocenters. The van der Waals surface area contributed by atoms with Gasteiger partial charge >= 0.3 is 0 Å². The summed E-state index contributed by atoms with van der Waals surface area (Å²) in [5, 5.41) is 4.59. The van der Waals surface area contributed by atoms with Crippen LogP contribution in [0.4, 0.5) is 4.39 Å². The largest absolute Gasteiger partial charge is 0.423 e. The lowest BCUT2D eigenvalue weighted by molar-refractivity contribution is 0.316. The standard InChI is InChI=1S/C22H23FN4OS/c1-10-5-17(26-21-19(10)25-13(4)28-21)14-8-16(23)20-18(9-14)29-22(27-20)15-6-11(2)24-12(3)7-15/h5,8-9,11-12,15,24H,6-7H2,1-4H3/t11-,12+,15+. The maximum Gasteiger partial charge on any atom is 0.247 e.